The molecule has 0 spiro atoms. The standard InChI is InChI=1S/C28H29ClN6O5/c1-7-40-26(37)22-20-21(31-18-12-15(29)14-34(4)25(18)36)16-10-8-9-11-17(16)28(2,3)23(20)35(33-22)19-13-30-27(39-6)32-24(19)38-5/h8-14,21,31H,7H2,1-6H3. The van der Waals surface area contributed by atoms with Crippen LogP contribution in [-0.2, 0) is 17.2 Å². The maximum atomic E-state index is 13.4. The fourth-order valence-corrected chi connectivity index (χ4v) is 5.50. The molecule has 3 aromatic heterocycles. The lowest BCUT2D eigenvalue weighted by Gasteiger charge is -2.38. The van der Waals surface area contributed by atoms with Crippen LogP contribution in [0.3, 0.4) is 0 Å². The topological polar surface area (TPSA) is 122 Å². The molecule has 0 saturated carbocycles. The van der Waals surface area contributed by atoms with Gasteiger partial charge in [-0.05, 0) is 24.1 Å². The van der Waals surface area contributed by atoms with Crippen LogP contribution >= 0.6 is 11.6 Å². The number of anilines is 1. The van der Waals surface area contributed by atoms with E-state index in [0.29, 0.717) is 22.0 Å². The molecule has 1 aliphatic rings. The number of pyridine rings is 1. The van der Waals surface area contributed by atoms with Crippen molar-refractivity contribution in [2.75, 3.05) is 26.1 Å². The summed E-state index contributed by atoms with van der Waals surface area (Å²) in [4.78, 5) is 35.1. The molecule has 12 heteroatoms. The molecule has 0 amide bonds. The summed E-state index contributed by atoms with van der Waals surface area (Å²) >= 11 is 6.32. The number of carbonyl (C=O) groups is 1. The second-order valence-electron chi connectivity index (χ2n) is 9.77. The van der Waals surface area contributed by atoms with E-state index in [1.54, 1.807) is 24.7 Å². The monoisotopic (exact) mass is 564 g/mol. The summed E-state index contributed by atoms with van der Waals surface area (Å²) in [5, 5.41) is 8.52. The number of halogens is 1. The van der Waals surface area contributed by atoms with Crippen LogP contribution in [0.4, 0.5) is 5.69 Å². The van der Waals surface area contributed by atoms with E-state index in [4.69, 9.17) is 30.9 Å². The number of hydrogen-bond acceptors (Lipinski definition) is 9. The number of methoxy groups -OCH3 is 2. The summed E-state index contributed by atoms with van der Waals surface area (Å²) in [6.45, 7) is 5.97. The summed E-state index contributed by atoms with van der Waals surface area (Å²) in [6, 6.07) is 8.89. The van der Waals surface area contributed by atoms with E-state index in [9.17, 15) is 9.59 Å². The van der Waals surface area contributed by atoms with Gasteiger partial charge in [-0.15, -0.1) is 0 Å². The van der Waals surface area contributed by atoms with Crippen LogP contribution in [0.15, 0.2) is 47.5 Å². The maximum Gasteiger partial charge on any atom is 0.359 e. The SMILES string of the molecule is CCOC(=O)c1nn(-c2cnc(OC)nc2OC)c2c1C(Nc1cc(Cl)cn(C)c1=O)c1ccccc1C2(C)C. The van der Waals surface area contributed by atoms with E-state index >= 15 is 0 Å². The quantitative estimate of drug-likeness (QED) is 0.331. The number of aryl methyl sites for hydroxylation is 1. The lowest BCUT2D eigenvalue weighted by Crippen LogP contribution is -2.35. The third-order valence-corrected chi connectivity index (χ3v) is 7.19. The van der Waals surface area contributed by atoms with Gasteiger partial charge >= 0.3 is 12.0 Å². The molecule has 0 radical (unpaired) electrons. The zero-order chi connectivity index (χ0) is 28.8. The van der Waals surface area contributed by atoms with Gasteiger partial charge in [0.15, 0.2) is 5.69 Å². The van der Waals surface area contributed by atoms with Gasteiger partial charge in [-0.2, -0.15) is 10.1 Å². The number of benzene rings is 1. The van der Waals surface area contributed by atoms with Crippen molar-refractivity contribution in [3.8, 4) is 17.6 Å². The molecule has 5 rings (SSSR count). The van der Waals surface area contributed by atoms with Gasteiger partial charge in [0.1, 0.15) is 11.4 Å². The molecule has 0 fully saturated rings. The van der Waals surface area contributed by atoms with Gasteiger partial charge in [-0.25, -0.2) is 14.5 Å². The Morgan fingerprint density at radius 2 is 1.95 bits per heavy atom. The Labute approximate surface area is 235 Å². The number of nitrogens with zero attached hydrogens (tertiary/aromatic N) is 5. The van der Waals surface area contributed by atoms with Crippen molar-refractivity contribution in [1.29, 1.82) is 0 Å². The molecular weight excluding hydrogens is 536 g/mol. The van der Waals surface area contributed by atoms with Crippen molar-refractivity contribution in [2.45, 2.75) is 32.2 Å². The molecule has 0 saturated heterocycles. The summed E-state index contributed by atoms with van der Waals surface area (Å²) in [6.07, 6.45) is 3.06. The highest BCUT2D eigenvalue weighted by atomic mass is 35.5. The number of carbonyl (C=O) groups excluding carboxylic acids is 1. The van der Waals surface area contributed by atoms with Crippen LogP contribution in [0.5, 0.6) is 11.9 Å². The molecule has 208 valence electrons. The first kappa shape index (κ1) is 27.2. The van der Waals surface area contributed by atoms with E-state index in [1.165, 1.54) is 31.2 Å². The first-order valence-electron chi connectivity index (χ1n) is 12.6. The lowest BCUT2D eigenvalue weighted by molar-refractivity contribution is 0.0517. The fraction of sp³-hybridized carbons (Fsp3) is 0.321. The van der Waals surface area contributed by atoms with Crippen LogP contribution in [-0.4, -0.2) is 51.1 Å². The normalized spacial score (nSPS) is 15.1. The fourth-order valence-electron chi connectivity index (χ4n) is 5.25. The molecule has 4 aromatic rings. The molecule has 1 atom stereocenters. The Bertz CT molecular complexity index is 1680. The van der Waals surface area contributed by atoms with Crippen molar-refractivity contribution < 1.29 is 19.0 Å². The van der Waals surface area contributed by atoms with Crippen LogP contribution in [0.25, 0.3) is 5.69 Å². The van der Waals surface area contributed by atoms with E-state index in [-0.39, 0.29) is 35.4 Å². The van der Waals surface area contributed by atoms with Crippen molar-refractivity contribution in [1.82, 2.24) is 24.3 Å². The lowest BCUT2D eigenvalue weighted by atomic mass is 9.69. The summed E-state index contributed by atoms with van der Waals surface area (Å²) in [5.41, 5.74) is 2.92. The Morgan fingerprint density at radius 1 is 1.20 bits per heavy atom. The zero-order valence-corrected chi connectivity index (χ0v) is 23.7. The second kappa shape index (κ2) is 10.3. The van der Waals surface area contributed by atoms with Gasteiger partial charge in [0, 0.05) is 24.2 Å². The van der Waals surface area contributed by atoms with E-state index in [1.807, 2.05) is 38.1 Å². The predicted molar refractivity (Wildman–Crippen MR) is 149 cm³/mol. The van der Waals surface area contributed by atoms with Gasteiger partial charge in [0.05, 0.1) is 43.8 Å². The molecule has 40 heavy (non-hydrogen) atoms. The first-order chi connectivity index (χ1) is 19.1. The van der Waals surface area contributed by atoms with Crippen molar-refractivity contribution in [2.24, 2.45) is 7.05 Å². The van der Waals surface area contributed by atoms with Gasteiger partial charge in [-0.3, -0.25) is 4.79 Å². The molecule has 1 aliphatic carbocycles. The number of rotatable bonds is 7. The smallest absolute Gasteiger partial charge is 0.359 e. The third kappa shape index (κ3) is 4.36. The molecule has 0 bridgehead atoms. The summed E-state index contributed by atoms with van der Waals surface area (Å²) < 4.78 is 19.2. The number of fused-ring (bicyclic) bond motifs is 2. The molecule has 1 unspecified atom stereocenters. The summed E-state index contributed by atoms with van der Waals surface area (Å²) in [7, 11) is 4.56. The Kier molecular flexibility index (Phi) is 7.01. The van der Waals surface area contributed by atoms with Gasteiger partial charge in [-0.1, -0.05) is 49.7 Å². The number of aromatic nitrogens is 5. The third-order valence-electron chi connectivity index (χ3n) is 6.98. The minimum Gasteiger partial charge on any atom is -0.479 e. The highest BCUT2D eigenvalue weighted by molar-refractivity contribution is 6.30. The van der Waals surface area contributed by atoms with Gasteiger partial charge in [0.25, 0.3) is 5.56 Å². The molecule has 3 heterocycles. The predicted octanol–water partition coefficient (Wildman–Crippen LogP) is 4.05. The average molecular weight is 565 g/mol. The summed E-state index contributed by atoms with van der Waals surface area (Å²) in [5.74, 6) is -0.401. The maximum absolute atomic E-state index is 13.4. The van der Waals surface area contributed by atoms with E-state index in [2.05, 4.69) is 15.3 Å². The molecule has 11 nitrogen and oxygen atoms in total. The van der Waals surface area contributed by atoms with Gasteiger partial charge in [0.2, 0.25) is 5.88 Å². The highest BCUT2D eigenvalue weighted by Gasteiger charge is 2.45. The molecular formula is C28H29ClN6O5. The minimum absolute atomic E-state index is 0.0913. The highest BCUT2D eigenvalue weighted by Crippen LogP contribution is 2.49. The van der Waals surface area contributed by atoms with E-state index in [0.717, 1.165) is 11.1 Å². The first-order valence-corrected chi connectivity index (χ1v) is 13.0. The van der Waals surface area contributed by atoms with E-state index < -0.39 is 17.4 Å². The van der Waals surface area contributed by atoms with Gasteiger partial charge < -0.3 is 24.1 Å². The molecule has 0 aliphatic heterocycles. The number of hydrogen-bond donors (Lipinski definition) is 1. The average Bonchev–Trinajstić information content (AvgIpc) is 3.35. The molecule has 1 N–H and O–H groups in total. The van der Waals surface area contributed by atoms with Crippen LogP contribution in [0.1, 0.15) is 59.7 Å². The zero-order valence-electron chi connectivity index (χ0n) is 23.0. The molecule has 1 aromatic carbocycles. The Morgan fingerprint density at radius 3 is 2.65 bits per heavy atom. The van der Waals surface area contributed by atoms with Crippen LogP contribution in [0.2, 0.25) is 5.02 Å². The van der Waals surface area contributed by atoms with Crippen LogP contribution in [0, 0.1) is 0 Å². The van der Waals surface area contributed by atoms with Crippen molar-refractivity contribution >= 4 is 23.3 Å². The van der Waals surface area contributed by atoms with Crippen molar-refractivity contribution in [3.63, 3.8) is 0 Å². The second-order valence-corrected chi connectivity index (χ2v) is 10.2. The number of nitrogens with one attached hydrogen (secondary N) is 1. The van der Waals surface area contributed by atoms with Crippen LogP contribution < -0.4 is 20.3 Å². The largest absolute Gasteiger partial charge is 0.479 e. The Balaban J connectivity index is 1.85. The minimum atomic E-state index is -0.661. The van der Waals surface area contributed by atoms with Crippen molar-refractivity contribution in [3.05, 3.63) is 86.2 Å². The number of esters is 1. The Hall–Kier alpha value is -4.38. The number of ether oxygens (including phenoxy) is 3.